The Balaban J connectivity index is 1.25. The maximum absolute atomic E-state index is 12.5. The van der Waals surface area contributed by atoms with Gasteiger partial charge in [0.25, 0.3) is 11.8 Å². The molecule has 1 spiro atoms. The van der Waals surface area contributed by atoms with Crippen molar-refractivity contribution in [2.24, 2.45) is 0 Å². The summed E-state index contributed by atoms with van der Waals surface area (Å²) in [6.45, 7) is 0.916. The van der Waals surface area contributed by atoms with Gasteiger partial charge >= 0.3 is 12.0 Å². The molecule has 0 radical (unpaired) electrons. The zero-order chi connectivity index (χ0) is 21.3. The number of carbonyl (C=O) groups excluding carboxylic acids is 4. The first kappa shape index (κ1) is 20.0. The number of hydrogen-bond acceptors (Lipinski definition) is 7. The fraction of sp³-hybridized carbons (Fsp3) is 0.500. The molecule has 1 aromatic carbocycles. The van der Waals surface area contributed by atoms with E-state index in [9.17, 15) is 19.2 Å². The minimum Gasteiger partial charge on any atom is -0.454 e. The van der Waals surface area contributed by atoms with Crippen LogP contribution in [0, 0.1) is 0 Å². The number of imide groups is 1. The average molecular weight is 417 g/mol. The Hall–Kier alpha value is -3.30. The molecule has 1 aromatic rings. The normalized spacial score (nSPS) is 19.7. The highest BCUT2D eigenvalue weighted by Gasteiger charge is 2.52. The van der Waals surface area contributed by atoms with Crippen LogP contribution in [0.3, 0.4) is 0 Å². The third-order valence-electron chi connectivity index (χ3n) is 5.63. The Bertz CT molecular complexity index is 894. The van der Waals surface area contributed by atoms with Crippen molar-refractivity contribution in [2.45, 2.75) is 44.2 Å². The number of rotatable bonds is 6. The summed E-state index contributed by atoms with van der Waals surface area (Å²) < 4.78 is 15.5. The molecule has 10 nitrogen and oxygen atoms in total. The Labute approximate surface area is 172 Å². The first-order valence-electron chi connectivity index (χ1n) is 9.87. The minimum absolute atomic E-state index is 0.161. The molecule has 2 aliphatic heterocycles. The van der Waals surface area contributed by atoms with Gasteiger partial charge in [0.2, 0.25) is 6.79 Å². The van der Waals surface area contributed by atoms with E-state index in [-0.39, 0.29) is 12.8 Å². The second kappa shape index (κ2) is 7.85. The van der Waals surface area contributed by atoms with Gasteiger partial charge < -0.3 is 24.8 Å². The predicted molar refractivity (Wildman–Crippen MR) is 102 cm³/mol. The molecule has 1 saturated heterocycles. The van der Waals surface area contributed by atoms with Crippen molar-refractivity contribution in [2.75, 3.05) is 19.9 Å². The number of esters is 1. The second-order valence-electron chi connectivity index (χ2n) is 7.67. The number of fused-ring (bicyclic) bond motifs is 1. The van der Waals surface area contributed by atoms with Crippen LogP contribution in [0.15, 0.2) is 18.2 Å². The average Bonchev–Trinajstić information content (AvgIpc) is 3.43. The number of nitrogens with zero attached hydrogens (tertiary/aromatic N) is 1. The van der Waals surface area contributed by atoms with Gasteiger partial charge in [0.15, 0.2) is 18.1 Å². The van der Waals surface area contributed by atoms with E-state index in [1.165, 1.54) is 0 Å². The van der Waals surface area contributed by atoms with Gasteiger partial charge in [0.1, 0.15) is 12.1 Å². The van der Waals surface area contributed by atoms with Crippen LogP contribution in [-0.4, -0.2) is 54.2 Å². The summed E-state index contributed by atoms with van der Waals surface area (Å²) in [5.41, 5.74) is -0.0745. The van der Waals surface area contributed by atoms with E-state index >= 15 is 0 Å². The van der Waals surface area contributed by atoms with Gasteiger partial charge in [0.05, 0.1) is 6.04 Å². The molecule has 10 heteroatoms. The van der Waals surface area contributed by atoms with Gasteiger partial charge in [-0.05, 0) is 37.5 Å². The van der Waals surface area contributed by atoms with E-state index in [2.05, 4.69) is 10.6 Å². The van der Waals surface area contributed by atoms with Gasteiger partial charge in [-0.2, -0.15) is 0 Å². The summed E-state index contributed by atoms with van der Waals surface area (Å²) in [5, 5.41) is 5.41. The van der Waals surface area contributed by atoms with Crippen LogP contribution in [0.5, 0.6) is 11.5 Å². The maximum atomic E-state index is 12.5. The van der Waals surface area contributed by atoms with Crippen molar-refractivity contribution >= 4 is 23.8 Å². The van der Waals surface area contributed by atoms with Crippen LogP contribution in [0.2, 0.25) is 0 Å². The van der Waals surface area contributed by atoms with Crippen LogP contribution >= 0.6 is 0 Å². The Morgan fingerprint density at radius 2 is 1.97 bits per heavy atom. The molecule has 1 atom stereocenters. The molecule has 160 valence electrons. The molecular weight excluding hydrogens is 394 g/mol. The zero-order valence-electron chi connectivity index (χ0n) is 16.6. The zero-order valence-corrected chi connectivity index (χ0v) is 16.6. The number of carbonyl (C=O) groups is 4. The lowest BCUT2D eigenvalue weighted by molar-refractivity contribution is -0.151. The van der Waals surface area contributed by atoms with Crippen molar-refractivity contribution in [3.05, 3.63) is 23.8 Å². The minimum atomic E-state index is -0.880. The Morgan fingerprint density at radius 1 is 1.23 bits per heavy atom. The fourth-order valence-electron chi connectivity index (χ4n) is 4.01. The number of benzene rings is 1. The van der Waals surface area contributed by atoms with Crippen molar-refractivity contribution in [3.63, 3.8) is 0 Å². The summed E-state index contributed by atoms with van der Waals surface area (Å²) in [5.74, 6) is -0.472. The van der Waals surface area contributed by atoms with E-state index < -0.39 is 42.5 Å². The molecule has 2 heterocycles. The SMILES string of the molecule is C[C@@H](NC(=O)COC(=O)CN1C(=O)NC2(CCCC2)C1=O)c1ccc2c(c1)OCO2. The lowest BCUT2D eigenvalue weighted by Gasteiger charge is -2.19. The predicted octanol–water partition coefficient (Wildman–Crippen LogP) is 1.00. The standard InChI is InChI=1S/C20H23N3O7/c1-12(13-4-5-14-15(8-13)30-11-29-14)21-16(24)10-28-17(25)9-23-18(26)20(22-19(23)27)6-2-3-7-20/h4-5,8,12H,2-3,6-7,9-11H2,1H3,(H,21,24)(H,22,27)/t12-/m1/s1. The molecule has 4 amide bonds. The Morgan fingerprint density at radius 3 is 2.73 bits per heavy atom. The van der Waals surface area contributed by atoms with Gasteiger partial charge in [0, 0.05) is 0 Å². The lowest BCUT2D eigenvalue weighted by atomic mass is 9.98. The van der Waals surface area contributed by atoms with Crippen LogP contribution in [0.25, 0.3) is 0 Å². The molecule has 0 bridgehead atoms. The van der Waals surface area contributed by atoms with E-state index in [1.807, 2.05) is 0 Å². The highest BCUT2D eigenvalue weighted by Crippen LogP contribution is 2.35. The molecular formula is C20H23N3O7. The molecule has 0 aromatic heterocycles. The first-order chi connectivity index (χ1) is 14.4. The van der Waals surface area contributed by atoms with Crippen molar-refractivity contribution < 1.29 is 33.4 Å². The van der Waals surface area contributed by atoms with E-state index in [4.69, 9.17) is 14.2 Å². The largest absolute Gasteiger partial charge is 0.454 e. The summed E-state index contributed by atoms with van der Waals surface area (Å²) >= 11 is 0. The topological polar surface area (TPSA) is 123 Å². The van der Waals surface area contributed by atoms with E-state index in [0.29, 0.717) is 24.3 Å². The molecule has 4 rings (SSSR count). The van der Waals surface area contributed by atoms with Crippen LogP contribution < -0.4 is 20.1 Å². The number of amides is 4. The highest BCUT2D eigenvalue weighted by molar-refractivity contribution is 6.08. The van der Waals surface area contributed by atoms with Crippen LogP contribution in [0.4, 0.5) is 4.79 Å². The highest BCUT2D eigenvalue weighted by atomic mass is 16.7. The van der Waals surface area contributed by atoms with E-state index in [0.717, 1.165) is 23.3 Å². The maximum Gasteiger partial charge on any atom is 0.326 e. The van der Waals surface area contributed by atoms with Gasteiger partial charge in [-0.15, -0.1) is 0 Å². The first-order valence-corrected chi connectivity index (χ1v) is 9.87. The number of ether oxygens (including phenoxy) is 3. The monoisotopic (exact) mass is 417 g/mol. The van der Waals surface area contributed by atoms with Crippen molar-refractivity contribution in [1.29, 1.82) is 0 Å². The third-order valence-corrected chi connectivity index (χ3v) is 5.63. The third kappa shape index (κ3) is 3.77. The van der Waals surface area contributed by atoms with Crippen LogP contribution in [0.1, 0.15) is 44.2 Å². The van der Waals surface area contributed by atoms with Crippen molar-refractivity contribution in [3.8, 4) is 11.5 Å². The molecule has 1 aliphatic carbocycles. The molecule has 30 heavy (non-hydrogen) atoms. The molecule has 3 aliphatic rings. The summed E-state index contributed by atoms with van der Waals surface area (Å²) in [4.78, 5) is 49.7. The van der Waals surface area contributed by atoms with Gasteiger partial charge in [-0.25, -0.2) is 4.79 Å². The number of hydrogen-bond donors (Lipinski definition) is 2. The molecule has 0 unspecified atom stereocenters. The number of urea groups is 1. The summed E-state index contributed by atoms with van der Waals surface area (Å²) in [7, 11) is 0. The molecule has 2 N–H and O–H groups in total. The number of nitrogens with one attached hydrogen (secondary N) is 2. The summed E-state index contributed by atoms with van der Waals surface area (Å²) in [6, 6.07) is 4.39. The summed E-state index contributed by atoms with van der Waals surface area (Å²) in [6.07, 6.45) is 2.85. The quantitative estimate of drug-likeness (QED) is 0.523. The second-order valence-corrected chi connectivity index (χ2v) is 7.67. The van der Waals surface area contributed by atoms with E-state index in [1.54, 1.807) is 25.1 Å². The molecule has 2 fully saturated rings. The van der Waals surface area contributed by atoms with Crippen molar-refractivity contribution in [1.82, 2.24) is 15.5 Å². The smallest absolute Gasteiger partial charge is 0.326 e. The van der Waals surface area contributed by atoms with Gasteiger partial charge in [-0.3, -0.25) is 19.3 Å². The fourth-order valence-corrected chi connectivity index (χ4v) is 4.01. The lowest BCUT2D eigenvalue weighted by Crippen LogP contribution is -2.44. The Kier molecular flexibility index (Phi) is 5.23. The van der Waals surface area contributed by atoms with Crippen LogP contribution in [-0.2, 0) is 19.1 Å². The van der Waals surface area contributed by atoms with Gasteiger partial charge in [-0.1, -0.05) is 18.9 Å². The molecule has 1 saturated carbocycles.